The molecule has 19 heavy (non-hydrogen) atoms. The van der Waals surface area contributed by atoms with Crippen molar-refractivity contribution < 1.29 is 19.0 Å². The molecule has 0 saturated carbocycles. The fourth-order valence-corrected chi connectivity index (χ4v) is 1.78. The summed E-state index contributed by atoms with van der Waals surface area (Å²) in [6, 6.07) is 5.39. The third-order valence-corrected chi connectivity index (χ3v) is 2.79. The second-order valence-corrected chi connectivity index (χ2v) is 4.49. The maximum absolute atomic E-state index is 11.8. The monoisotopic (exact) mass is 267 g/mol. The normalized spacial score (nSPS) is 13.5. The first kappa shape index (κ1) is 15.3. The molecule has 0 bridgehead atoms. The molecule has 2 N–H and O–H groups in total. The Hall–Kier alpha value is -1.75. The molecule has 0 aliphatic carbocycles. The van der Waals surface area contributed by atoms with Gasteiger partial charge in [0.15, 0.2) is 0 Å². The highest BCUT2D eigenvalue weighted by Gasteiger charge is 2.31. The van der Waals surface area contributed by atoms with Gasteiger partial charge in [-0.15, -0.1) is 0 Å². The average molecular weight is 267 g/mol. The molecule has 1 aromatic rings. The van der Waals surface area contributed by atoms with Crippen LogP contribution in [0.4, 0.5) is 0 Å². The van der Waals surface area contributed by atoms with Gasteiger partial charge in [-0.1, -0.05) is 0 Å². The number of rotatable bonds is 6. The molecule has 0 spiro atoms. The molecule has 0 amide bonds. The number of hydrogen-bond donors (Lipinski definition) is 1. The van der Waals surface area contributed by atoms with Crippen LogP contribution in [0.5, 0.6) is 11.5 Å². The predicted octanol–water partition coefficient (Wildman–Crippen LogP) is 1.53. The Morgan fingerprint density at radius 2 is 2.00 bits per heavy atom. The molecular formula is C14H21NO4. The molecule has 1 rings (SSSR count). The van der Waals surface area contributed by atoms with E-state index in [-0.39, 0.29) is 0 Å². The summed E-state index contributed by atoms with van der Waals surface area (Å²) in [5.74, 6) is 0.928. The molecule has 0 saturated heterocycles. The highest BCUT2D eigenvalue weighted by molar-refractivity contribution is 5.80. The molecule has 0 aromatic heterocycles. The van der Waals surface area contributed by atoms with E-state index in [2.05, 4.69) is 0 Å². The maximum atomic E-state index is 11.8. The minimum atomic E-state index is -1.10. The number of ether oxygens (including phenoxy) is 3. The van der Waals surface area contributed by atoms with E-state index in [1.807, 2.05) is 6.07 Å². The van der Waals surface area contributed by atoms with Crippen LogP contribution in [-0.2, 0) is 16.0 Å². The number of esters is 1. The Labute approximate surface area is 113 Å². The second-order valence-electron chi connectivity index (χ2n) is 4.49. The molecule has 1 atom stereocenters. The Balaban J connectivity index is 2.99. The molecule has 106 valence electrons. The van der Waals surface area contributed by atoms with Crippen LogP contribution < -0.4 is 15.2 Å². The van der Waals surface area contributed by atoms with Crippen LogP contribution in [0.3, 0.4) is 0 Å². The van der Waals surface area contributed by atoms with E-state index in [1.165, 1.54) is 0 Å². The van der Waals surface area contributed by atoms with E-state index < -0.39 is 11.5 Å². The summed E-state index contributed by atoms with van der Waals surface area (Å²) >= 11 is 0. The molecule has 0 radical (unpaired) electrons. The molecule has 5 heteroatoms. The Bertz CT molecular complexity index is 443. The van der Waals surface area contributed by atoms with Gasteiger partial charge < -0.3 is 19.9 Å². The number of methoxy groups -OCH3 is 2. The lowest BCUT2D eigenvalue weighted by Crippen LogP contribution is -2.48. The van der Waals surface area contributed by atoms with Gasteiger partial charge in [0.05, 0.1) is 20.8 Å². The summed E-state index contributed by atoms with van der Waals surface area (Å²) in [7, 11) is 3.15. The Kier molecular flexibility index (Phi) is 5.18. The quantitative estimate of drug-likeness (QED) is 0.791. The molecule has 0 aliphatic rings. The topological polar surface area (TPSA) is 70.8 Å². The zero-order valence-electron chi connectivity index (χ0n) is 11.9. The van der Waals surface area contributed by atoms with Crippen LogP contribution in [0.2, 0.25) is 0 Å². The van der Waals surface area contributed by atoms with Crippen LogP contribution >= 0.6 is 0 Å². The first-order chi connectivity index (χ1) is 8.94. The predicted molar refractivity (Wildman–Crippen MR) is 72.5 cm³/mol. The second kappa shape index (κ2) is 6.43. The summed E-state index contributed by atoms with van der Waals surface area (Å²) < 4.78 is 15.4. The lowest BCUT2D eigenvalue weighted by molar-refractivity contribution is -0.148. The van der Waals surface area contributed by atoms with Crippen molar-refractivity contribution in [1.29, 1.82) is 0 Å². The van der Waals surface area contributed by atoms with Crippen LogP contribution in [0.25, 0.3) is 0 Å². The standard InChI is InChI=1S/C14H21NO4/c1-5-19-13(16)14(2,15)9-10-8-11(17-3)6-7-12(10)18-4/h6-8H,5,9,15H2,1-4H3/t14-/m0/s1. The molecule has 0 fully saturated rings. The molecule has 1 aromatic carbocycles. The van der Waals surface area contributed by atoms with Gasteiger partial charge in [-0.05, 0) is 32.0 Å². The minimum absolute atomic E-state index is 0.306. The Morgan fingerprint density at radius 1 is 1.32 bits per heavy atom. The molecule has 0 aliphatic heterocycles. The van der Waals surface area contributed by atoms with Crippen molar-refractivity contribution in [3.63, 3.8) is 0 Å². The van der Waals surface area contributed by atoms with Crippen molar-refractivity contribution in [2.45, 2.75) is 25.8 Å². The third-order valence-electron chi connectivity index (χ3n) is 2.79. The molecule has 0 heterocycles. The third kappa shape index (κ3) is 3.86. The number of carbonyl (C=O) groups excluding carboxylic acids is 1. The fraction of sp³-hybridized carbons (Fsp3) is 0.500. The number of hydrogen-bond acceptors (Lipinski definition) is 5. The zero-order valence-corrected chi connectivity index (χ0v) is 11.9. The van der Waals surface area contributed by atoms with Gasteiger partial charge in [-0.3, -0.25) is 4.79 Å². The van der Waals surface area contributed by atoms with E-state index in [9.17, 15) is 4.79 Å². The van der Waals surface area contributed by atoms with E-state index >= 15 is 0 Å². The van der Waals surface area contributed by atoms with Crippen LogP contribution in [0, 0.1) is 0 Å². The van der Waals surface area contributed by atoms with E-state index in [0.717, 1.165) is 5.56 Å². The first-order valence-corrected chi connectivity index (χ1v) is 6.11. The van der Waals surface area contributed by atoms with Gasteiger partial charge in [0, 0.05) is 12.0 Å². The van der Waals surface area contributed by atoms with Crippen LogP contribution in [0.1, 0.15) is 19.4 Å². The molecule has 0 unspecified atom stereocenters. The van der Waals surface area contributed by atoms with E-state index in [4.69, 9.17) is 19.9 Å². The van der Waals surface area contributed by atoms with Crippen molar-refractivity contribution >= 4 is 5.97 Å². The van der Waals surface area contributed by atoms with Crippen molar-refractivity contribution in [3.05, 3.63) is 23.8 Å². The minimum Gasteiger partial charge on any atom is -0.497 e. The van der Waals surface area contributed by atoms with Crippen LogP contribution in [0.15, 0.2) is 18.2 Å². The SMILES string of the molecule is CCOC(=O)[C@@](C)(N)Cc1cc(OC)ccc1OC. The van der Waals surface area contributed by atoms with E-state index in [0.29, 0.717) is 24.5 Å². The van der Waals surface area contributed by atoms with Gasteiger partial charge in [0.25, 0.3) is 0 Å². The summed E-state index contributed by atoms with van der Waals surface area (Å²) in [6.07, 6.45) is 0.312. The van der Waals surface area contributed by atoms with Crippen LogP contribution in [-0.4, -0.2) is 32.3 Å². The van der Waals surface area contributed by atoms with Gasteiger partial charge >= 0.3 is 5.97 Å². The highest BCUT2D eigenvalue weighted by atomic mass is 16.5. The first-order valence-electron chi connectivity index (χ1n) is 6.11. The lowest BCUT2D eigenvalue weighted by atomic mass is 9.93. The zero-order chi connectivity index (χ0) is 14.5. The van der Waals surface area contributed by atoms with Gasteiger partial charge in [0.1, 0.15) is 17.0 Å². The van der Waals surface area contributed by atoms with E-state index in [1.54, 1.807) is 40.2 Å². The maximum Gasteiger partial charge on any atom is 0.326 e. The smallest absolute Gasteiger partial charge is 0.326 e. The largest absolute Gasteiger partial charge is 0.497 e. The van der Waals surface area contributed by atoms with Gasteiger partial charge in [-0.2, -0.15) is 0 Å². The molecule has 5 nitrogen and oxygen atoms in total. The number of benzene rings is 1. The molecular weight excluding hydrogens is 246 g/mol. The van der Waals surface area contributed by atoms with Gasteiger partial charge in [-0.25, -0.2) is 0 Å². The summed E-state index contributed by atoms with van der Waals surface area (Å²) in [5, 5.41) is 0. The van der Waals surface area contributed by atoms with Crippen molar-refractivity contribution in [3.8, 4) is 11.5 Å². The number of nitrogens with two attached hydrogens (primary N) is 1. The summed E-state index contributed by atoms with van der Waals surface area (Å²) in [6.45, 7) is 3.70. The summed E-state index contributed by atoms with van der Waals surface area (Å²) in [4.78, 5) is 11.8. The van der Waals surface area contributed by atoms with Crippen molar-refractivity contribution in [1.82, 2.24) is 0 Å². The fourth-order valence-electron chi connectivity index (χ4n) is 1.78. The lowest BCUT2D eigenvalue weighted by Gasteiger charge is -2.23. The van der Waals surface area contributed by atoms with Gasteiger partial charge in [0.2, 0.25) is 0 Å². The summed E-state index contributed by atoms with van der Waals surface area (Å²) in [5.41, 5.74) is 5.73. The average Bonchev–Trinajstić information content (AvgIpc) is 2.38. The highest BCUT2D eigenvalue weighted by Crippen LogP contribution is 2.27. The van der Waals surface area contributed by atoms with Crippen molar-refractivity contribution in [2.75, 3.05) is 20.8 Å². The van der Waals surface area contributed by atoms with Crippen molar-refractivity contribution in [2.24, 2.45) is 5.73 Å². The Morgan fingerprint density at radius 3 is 2.53 bits per heavy atom. The number of carbonyl (C=O) groups is 1.